The Bertz CT molecular complexity index is 643. The fraction of sp³-hybridized carbons (Fsp3) is 0.357. The predicted octanol–water partition coefficient (Wildman–Crippen LogP) is 2.39. The van der Waals surface area contributed by atoms with E-state index in [1.807, 2.05) is 24.3 Å². The van der Waals surface area contributed by atoms with Crippen LogP contribution in [0.2, 0.25) is 0 Å². The van der Waals surface area contributed by atoms with Crippen LogP contribution in [0.3, 0.4) is 0 Å². The number of hydrogen-bond donors (Lipinski definition) is 1. The van der Waals surface area contributed by atoms with E-state index in [0.29, 0.717) is 11.7 Å². The van der Waals surface area contributed by atoms with Crippen LogP contribution in [-0.4, -0.2) is 28.0 Å². The Morgan fingerprint density at radius 1 is 1.41 bits per heavy atom. The van der Waals surface area contributed by atoms with E-state index in [1.165, 1.54) is 4.90 Å². The lowest BCUT2D eigenvalue weighted by molar-refractivity contribution is -0.136. The van der Waals surface area contributed by atoms with Crippen LogP contribution in [0, 0.1) is 6.92 Å². The second-order valence-electron chi connectivity index (χ2n) is 5.10. The molecule has 0 spiro atoms. The maximum atomic E-state index is 12.6. The molecule has 0 aliphatic carbocycles. The van der Waals surface area contributed by atoms with Gasteiger partial charge in [-0.3, -0.25) is 4.79 Å². The van der Waals surface area contributed by atoms with Crippen molar-refractivity contribution in [2.24, 2.45) is 5.73 Å². The topological polar surface area (TPSA) is 85.2 Å². The number of benzene rings is 1. The molecule has 2 aromatic rings. The fourth-order valence-electron chi connectivity index (χ4n) is 2.01. The van der Waals surface area contributed by atoms with Gasteiger partial charge in [-0.15, -0.1) is 12.4 Å². The summed E-state index contributed by atoms with van der Waals surface area (Å²) in [6.07, 6.45) is 0. The van der Waals surface area contributed by atoms with Crippen molar-refractivity contribution < 1.29 is 9.32 Å². The fourth-order valence-corrected chi connectivity index (χ4v) is 2.27. The minimum absolute atomic E-state index is 0. The van der Waals surface area contributed by atoms with E-state index < -0.39 is 5.54 Å². The second kappa shape index (κ2) is 7.21. The molecule has 120 valence electrons. The van der Waals surface area contributed by atoms with Gasteiger partial charge in [-0.2, -0.15) is 4.98 Å². The summed E-state index contributed by atoms with van der Waals surface area (Å²) < 4.78 is 5.83. The van der Waals surface area contributed by atoms with Gasteiger partial charge in [-0.1, -0.05) is 33.2 Å². The summed E-state index contributed by atoms with van der Waals surface area (Å²) >= 11 is 3.36. The van der Waals surface area contributed by atoms with Gasteiger partial charge in [0.2, 0.25) is 11.8 Å². The molecule has 1 unspecified atom stereocenters. The van der Waals surface area contributed by atoms with Crippen LogP contribution in [0.25, 0.3) is 0 Å². The molecule has 0 radical (unpaired) electrons. The highest BCUT2D eigenvalue weighted by molar-refractivity contribution is 9.10. The summed E-state index contributed by atoms with van der Waals surface area (Å²) in [5, 5.41) is 3.78. The van der Waals surface area contributed by atoms with Gasteiger partial charge >= 0.3 is 0 Å². The monoisotopic (exact) mass is 388 g/mol. The smallest absolute Gasteiger partial charge is 0.247 e. The van der Waals surface area contributed by atoms with Gasteiger partial charge in [0.15, 0.2) is 5.82 Å². The lowest BCUT2D eigenvalue weighted by Gasteiger charge is -2.29. The molecule has 1 heterocycles. The minimum atomic E-state index is -1.12. The third-order valence-electron chi connectivity index (χ3n) is 3.18. The standard InChI is InChI=1S/C14H17BrN4O2.ClH/c1-9-17-12(18-21-9)8-19(3)13(20)14(2,16)10-4-6-11(15)7-5-10;/h4-7H,8,16H2,1-3H3;1H. The maximum absolute atomic E-state index is 12.6. The van der Waals surface area contributed by atoms with Crippen molar-refractivity contribution in [2.75, 3.05) is 7.05 Å². The molecule has 0 fully saturated rings. The van der Waals surface area contributed by atoms with E-state index in [4.69, 9.17) is 10.3 Å². The van der Waals surface area contributed by atoms with Crippen molar-refractivity contribution in [1.82, 2.24) is 15.0 Å². The summed E-state index contributed by atoms with van der Waals surface area (Å²) in [7, 11) is 1.66. The number of aromatic nitrogens is 2. The molecule has 1 amide bonds. The average molecular weight is 390 g/mol. The largest absolute Gasteiger partial charge is 0.340 e. The third-order valence-corrected chi connectivity index (χ3v) is 3.71. The molecule has 2 N–H and O–H groups in total. The highest BCUT2D eigenvalue weighted by Gasteiger charge is 2.33. The number of amides is 1. The van der Waals surface area contributed by atoms with E-state index in [0.717, 1.165) is 10.0 Å². The van der Waals surface area contributed by atoms with E-state index >= 15 is 0 Å². The van der Waals surface area contributed by atoms with Crippen LogP contribution >= 0.6 is 28.3 Å². The average Bonchev–Trinajstić information content (AvgIpc) is 2.83. The molecular formula is C14H18BrClN4O2. The van der Waals surface area contributed by atoms with Crippen LogP contribution in [0.4, 0.5) is 0 Å². The molecule has 0 aliphatic rings. The van der Waals surface area contributed by atoms with Crippen molar-refractivity contribution >= 4 is 34.2 Å². The molecule has 6 nitrogen and oxygen atoms in total. The molecular weight excluding hydrogens is 372 g/mol. The molecule has 1 aromatic heterocycles. The predicted molar refractivity (Wildman–Crippen MR) is 88.4 cm³/mol. The number of nitrogens with two attached hydrogens (primary N) is 1. The Morgan fingerprint density at radius 2 is 2.00 bits per heavy atom. The van der Waals surface area contributed by atoms with E-state index in [-0.39, 0.29) is 24.9 Å². The summed E-state index contributed by atoms with van der Waals surface area (Å²) in [5.74, 6) is 0.705. The highest BCUT2D eigenvalue weighted by atomic mass is 79.9. The van der Waals surface area contributed by atoms with Gasteiger partial charge in [-0.25, -0.2) is 0 Å². The molecule has 1 aromatic carbocycles. The Labute approximate surface area is 143 Å². The maximum Gasteiger partial charge on any atom is 0.247 e. The van der Waals surface area contributed by atoms with Gasteiger partial charge in [-0.05, 0) is 24.6 Å². The van der Waals surface area contributed by atoms with Gasteiger partial charge < -0.3 is 15.2 Å². The van der Waals surface area contributed by atoms with E-state index in [2.05, 4.69) is 26.1 Å². The molecule has 0 bridgehead atoms. The van der Waals surface area contributed by atoms with Crippen LogP contribution in [0.15, 0.2) is 33.3 Å². The molecule has 22 heavy (non-hydrogen) atoms. The number of aryl methyl sites for hydroxylation is 1. The third kappa shape index (κ3) is 4.06. The first kappa shape index (κ1) is 18.6. The molecule has 1 atom stereocenters. The van der Waals surface area contributed by atoms with Crippen LogP contribution < -0.4 is 5.73 Å². The zero-order valence-corrected chi connectivity index (χ0v) is 14.9. The van der Waals surface area contributed by atoms with Crippen LogP contribution in [0.1, 0.15) is 24.2 Å². The quantitative estimate of drug-likeness (QED) is 0.868. The molecule has 0 saturated heterocycles. The van der Waals surface area contributed by atoms with Crippen molar-refractivity contribution in [3.8, 4) is 0 Å². The summed E-state index contributed by atoms with van der Waals surface area (Å²) in [6, 6.07) is 7.37. The summed E-state index contributed by atoms with van der Waals surface area (Å²) in [6.45, 7) is 3.64. The van der Waals surface area contributed by atoms with Crippen LogP contribution in [0.5, 0.6) is 0 Å². The Kier molecular flexibility index (Phi) is 6.10. The Balaban J connectivity index is 0.00000242. The zero-order chi connectivity index (χ0) is 15.6. The first-order valence-electron chi connectivity index (χ1n) is 6.40. The second-order valence-corrected chi connectivity index (χ2v) is 6.02. The van der Waals surface area contributed by atoms with Crippen molar-refractivity contribution in [3.63, 3.8) is 0 Å². The number of halogens is 2. The number of hydrogen-bond acceptors (Lipinski definition) is 5. The normalized spacial score (nSPS) is 13.1. The highest BCUT2D eigenvalue weighted by Crippen LogP contribution is 2.22. The van der Waals surface area contributed by atoms with Crippen molar-refractivity contribution in [3.05, 3.63) is 46.0 Å². The SMILES string of the molecule is Cc1nc(CN(C)C(=O)C(C)(N)c2ccc(Br)cc2)no1.Cl. The number of carbonyl (C=O) groups is 1. The first-order chi connectivity index (χ1) is 9.80. The number of likely N-dealkylation sites (N-methyl/N-ethyl adjacent to an activating group) is 1. The number of rotatable bonds is 4. The van der Waals surface area contributed by atoms with Gasteiger partial charge in [0.1, 0.15) is 5.54 Å². The zero-order valence-electron chi connectivity index (χ0n) is 12.5. The number of carbonyl (C=O) groups excluding carboxylic acids is 1. The van der Waals surface area contributed by atoms with Crippen molar-refractivity contribution in [2.45, 2.75) is 25.9 Å². The number of nitrogens with zero attached hydrogens (tertiary/aromatic N) is 3. The van der Waals surface area contributed by atoms with Crippen molar-refractivity contribution in [1.29, 1.82) is 0 Å². The van der Waals surface area contributed by atoms with Crippen LogP contribution in [-0.2, 0) is 16.9 Å². The Morgan fingerprint density at radius 3 is 2.50 bits per heavy atom. The van der Waals surface area contributed by atoms with Gasteiger partial charge in [0.25, 0.3) is 0 Å². The van der Waals surface area contributed by atoms with Gasteiger partial charge in [0.05, 0.1) is 6.54 Å². The molecule has 0 saturated carbocycles. The molecule has 2 rings (SSSR count). The molecule has 0 aliphatic heterocycles. The Hall–Kier alpha value is -1.44. The minimum Gasteiger partial charge on any atom is -0.340 e. The summed E-state index contributed by atoms with van der Waals surface area (Å²) in [4.78, 5) is 18.1. The lowest BCUT2D eigenvalue weighted by atomic mass is 9.92. The molecule has 8 heteroatoms. The summed E-state index contributed by atoms with van der Waals surface area (Å²) in [5.41, 5.74) is 5.85. The van der Waals surface area contributed by atoms with E-state index in [9.17, 15) is 4.79 Å². The van der Waals surface area contributed by atoms with Gasteiger partial charge in [0, 0.05) is 18.4 Å². The first-order valence-corrected chi connectivity index (χ1v) is 7.19. The van der Waals surface area contributed by atoms with E-state index in [1.54, 1.807) is 20.9 Å². The lowest BCUT2D eigenvalue weighted by Crippen LogP contribution is -2.49.